The molecule has 1 N–H and O–H groups in total. The maximum absolute atomic E-state index is 11.9. The van der Waals surface area contributed by atoms with E-state index in [2.05, 4.69) is 26.2 Å². The quantitative estimate of drug-likeness (QED) is 0.924. The molecule has 5 heteroatoms. The second-order valence-corrected chi connectivity index (χ2v) is 4.56. The minimum Gasteiger partial charge on any atom is -0.438 e. The van der Waals surface area contributed by atoms with Gasteiger partial charge in [0.15, 0.2) is 6.39 Å². The SMILES string of the molecule is Cc1ccc(NC(=O)c2ocnc2C)c(Br)c1. The Kier molecular flexibility index (Phi) is 3.28. The molecule has 0 spiro atoms. The van der Waals surface area contributed by atoms with Gasteiger partial charge < -0.3 is 9.73 Å². The number of hydrogen-bond acceptors (Lipinski definition) is 3. The van der Waals surface area contributed by atoms with Crippen LogP contribution >= 0.6 is 15.9 Å². The zero-order valence-electron chi connectivity index (χ0n) is 9.45. The number of oxazole rings is 1. The lowest BCUT2D eigenvalue weighted by Gasteiger charge is -2.06. The van der Waals surface area contributed by atoms with E-state index in [1.807, 2.05) is 25.1 Å². The van der Waals surface area contributed by atoms with Crippen LogP contribution in [-0.2, 0) is 0 Å². The molecule has 0 unspecified atom stereocenters. The van der Waals surface area contributed by atoms with Gasteiger partial charge in [-0.15, -0.1) is 0 Å². The number of nitrogens with one attached hydrogen (secondary N) is 1. The third kappa shape index (κ3) is 2.55. The first-order chi connectivity index (χ1) is 8.08. The molecule has 1 heterocycles. The maximum atomic E-state index is 11.9. The molecule has 2 rings (SSSR count). The van der Waals surface area contributed by atoms with Gasteiger partial charge in [-0.1, -0.05) is 6.07 Å². The van der Waals surface area contributed by atoms with E-state index in [-0.39, 0.29) is 11.7 Å². The summed E-state index contributed by atoms with van der Waals surface area (Å²) in [6.45, 7) is 3.71. The van der Waals surface area contributed by atoms with Gasteiger partial charge in [0.05, 0.1) is 11.4 Å². The normalized spacial score (nSPS) is 10.3. The fourth-order valence-corrected chi connectivity index (χ4v) is 2.01. The van der Waals surface area contributed by atoms with Crippen LogP contribution in [0, 0.1) is 13.8 Å². The van der Waals surface area contributed by atoms with E-state index in [0.717, 1.165) is 10.0 Å². The molecule has 0 aliphatic carbocycles. The van der Waals surface area contributed by atoms with E-state index in [9.17, 15) is 4.79 Å². The van der Waals surface area contributed by atoms with E-state index in [0.29, 0.717) is 11.4 Å². The van der Waals surface area contributed by atoms with Crippen molar-refractivity contribution in [2.75, 3.05) is 5.32 Å². The number of aromatic nitrogens is 1. The first-order valence-electron chi connectivity index (χ1n) is 5.05. The van der Waals surface area contributed by atoms with Gasteiger partial charge in [0.1, 0.15) is 0 Å². The van der Waals surface area contributed by atoms with Crippen LogP contribution in [-0.4, -0.2) is 10.9 Å². The van der Waals surface area contributed by atoms with Crippen molar-refractivity contribution in [2.45, 2.75) is 13.8 Å². The number of carbonyl (C=O) groups is 1. The van der Waals surface area contributed by atoms with Gasteiger partial charge in [0.25, 0.3) is 5.91 Å². The highest BCUT2D eigenvalue weighted by molar-refractivity contribution is 9.10. The van der Waals surface area contributed by atoms with Gasteiger partial charge in [0.2, 0.25) is 5.76 Å². The lowest BCUT2D eigenvalue weighted by Crippen LogP contribution is -2.12. The standard InChI is InChI=1S/C12H11BrN2O2/c1-7-3-4-10(9(13)5-7)15-12(16)11-8(2)14-6-17-11/h3-6H,1-2H3,(H,15,16). The minimum absolute atomic E-state index is 0.234. The van der Waals surface area contributed by atoms with Gasteiger partial charge in [-0.2, -0.15) is 0 Å². The van der Waals surface area contributed by atoms with Crippen molar-refractivity contribution < 1.29 is 9.21 Å². The number of rotatable bonds is 2. The number of anilines is 1. The third-order valence-electron chi connectivity index (χ3n) is 2.32. The summed E-state index contributed by atoms with van der Waals surface area (Å²) >= 11 is 3.40. The van der Waals surface area contributed by atoms with Crippen LogP contribution in [0.3, 0.4) is 0 Å². The van der Waals surface area contributed by atoms with Crippen molar-refractivity contribution in [1.29, 1.82) is 0 Å². The Morgan fingerprint density at radius 2 is 2.18 bits per heavy atom. The van der Waals surface area contributed by atoms with Crippen LogP contribution in [0.1, 0.15) is 21.8 Å². The molecule has 0 bridgehead atoms. The zero-order valence-corrected chi connectivity index (χ0v) is 11.0. The molecule has 88 valence electrons. The largest absolute Gasteiger partial charge is 0.438 e. The van der Waals surface area contributed by atoms with Crippen LogP contribution in [0.25, 0.3) is 0 Å². The molecule has 17 heavy (non-hydrogen) atoms. The number of hydrogen-bond donors (Lipinski definition) is 1. The molecule has 0 aliphatic heterocycles. The molecule has 1 amide bonds. The van der Waals surface area contributed by atoms with Gasteiger partial charge >= 0.3 is 0 Å². The van der Waals surface area contributed by atoms with Crippen LogP contribution in [0.5, 0.6) is 0 Å². The van der Waals surface area contributed by atoms with Crippen molar-refractivity contribution in [1.82, 2.24) is 4.98 Å². The number of aryl methyl sites for hydroxylation is 2. The molecule has 0 aliphatic rings. The highest BCUT2D eigenvalue weighted by Gasteiger charge is 2.14. The molecular weight excluding hydrogens is 284 g/mol. The molecule has 0 saturated carbocycles. The summed E-state index contributed by atoms with van der Waals surface area (Å²) in [6, 6.07) is 5.69. The highest BCUT2D eigenvalue weighted by Crippen LogP contribution is 2.24. The number of amides is 1. The second-order valence-electron chi connectivity index (χ2n) is 3.70. The van der Waals surface area contributed by atoms with Gasteiger partial charge in [-0.3, -0.25) is 4.79 Å². The Morgan fingerprint density at radius 3 is 2.76 bits per heavy atom. The van der Waals surface area contributed by atoms with Gasteiger partial charge in [0, 0.05) is 4.47 Å². The summed E-state index contributed by atoms with van der Waals surface area (Å²) in [5.41, 5.74) is 2.40. The van der Waals surface area contributed by atoms with Crippen molar-refractivity contribution in [2.24, 2.45) is 0 Å². The van der Waals surface area contributed by atoms with Crippen LogP contribution in [0.4, 0.5) is 5.69 Å². The topological polar surface area (TPSA) is 55.1 Å². The summed E-state index contributed by atoms with van der Waals surface area (Å²) in [7, 11) is 0. The molecule has 1 aromatic heterocycles. The number of nitrogens with zero attached hydrogens (tertiary/aromatic N) is 1. The second kappa shape index (κ2) is 4.71. The van der Waals surface area contributed by atoms with Crippen LogP contribution in [0.2, 0.25) is 0 Å². The smallest absolute Gasteiger partial charge is 0.293 e. The number of halogens is 1. The van der Waals surface area contributed by atoms with Crippen LogP contribution in [0.15, 0.2) is 33.5 Å². The lowest BCUT2D eigenvalue weighted by molar-refractivity contribution is 0.0996. The Morgan fingerprint density at radius 1 is 1.41 bits per heavy atom. The monoisotopic (exact) mass is 294 g/mol. The van der Waals surface area contributed by atoms with Crippen molar-refractivity contribution in [3.8, 4) is 0 Å². The van der Waals surface area contributed by atoms with Crippen molar-refractivity contribution in [3.05, 3.63) is 46.1 Å². The highest BCUT2D eigenvalue weighted by atomic mass is 79.9. The van der Waals surface area contributed by atoms with E-state index >= 15 is 0 Å². The molecule has 4 nitrogen and oxygen atoms in total. The number of carbonyl (C=O) groups excluding carboxylic acids is 1. The first-order valence-corrected chi connectivity index (χ1v) is 5.85. The first kappa shape index (κ1) is 11.9. The molecule has 0 saturated heterocycles. The Balaban J connectivity index is 2.22. The van der Waals surface area contributed by atoms with E-state index in [1.165, 1.54) is 6.39 Å². The van der Waals surface area contributed by atoms with Crippen molar-refractivity contribution in [3.63, 3.8) is 0 Å². The summed E-state index contributed by atoms with van der Waals surface area (Å²) in [5, 5.41) is 2.76. The molecule has 0 fully saturated rings. The predicted octanol–water partition coefficient (Wildman–Crippen LogP) is 3.31. The molecule has 0 atom stereocenters. The fraction of sp³-hybridized carbons (Fsp3) is 0.167. The minimum atomic E-state index is -0.301. The summed E-state index contributed by atoms with van der Waals surface area (Å²) < 4.78 is 5.86. The van der Waals surface area contributed by atoms with Crippen molar-refractivity contribution >= 4 is 27.5 Å². The van der Waals surface area contributed by atoms with E-state index in [4.69, 9.17) is 4.42 Å². The fourth-order valence-electron chi connectivity index (χ4n) is 1.42. The maximum Gasteiger partial charge on any atom is 0.293 e. The predicted molar refractivity (Wildman–Crippen MR) is 68.1 cm³/mol. The Labute approximate surface area is 107 Å². The zero-order chi connectivity index (χ0) is 12.4. The average molecular weight is 295 g/mol. The molecule has 1 aromatic carbocycles. The molecule has 0 radical (unpaired) electrons. The molecular formula is C12H11BrN2O2. The van der Waals surface area contributed by atoms with E-state index in [1.54, 1.807) is 6.92 Å². The average Bonchev–Trinajstić information content (AvgIpc) is 2.68. The van der Waals surface area contributed by atoms with Crippen LogP contribution < -0.4 is 5.32 Å². The lowest BCUT2D eigenvalue weighted by atomic mass is 10.2. The van der Waals surface area contributed by atoms with E-state index < -0.39 is 0 Å². The summed E-state index contributed by atoms with van der Waals surface area (Å²) in [6.07, 6.45) is 1.26. The Hall–Kier alpha value is -1.62. The summed E-state index contributed by atoms with van der Waals surface area (Å²) in [4.78, 5) is 15.7. The van der Waals surface area contributed by atoms with Gasteiger partial charge in [-0.05, 0) is 47.5 Å². The van der Waals surface area contributed by atoms with Gasteiger partial charge in [-0.25, -0.2) is 4.98 Å². The summed E-state index contributed by atoms with van der Waals surface area (Å²) in [5.74, 6) is -0.0676. The molecule has 2 aromatic rings. The third-order valence-corrected chi connectivity index (χ3v) is 2.98. The number of benzene rings is 1. The Bertz CT molecular complexity index is 563.